The van der Waals surface area contributed by atoms with Gasteiger partial charge in [0.2, 0.25) is 5.91 Å². The Morgan fingerprint density at radius 2 is 2.00 bits per heavy atom. The van der Waals surface area contributed by atoms with Crippen LogP contribution >= 0.6 is 11.6 Å². The van der Waals surface area contributed by atoms with Gasteiger partial charge in [-0.2, -0.15) is 0 Å². The second kappa shape index (κ2) is 8.06. The molecule has 1 aliphatic heterocycles. The highest BCUT2D eigenvalue weighted by Gasteiger charge is 2.22. The molecule has 0 fully saturated rings. The van der Waals surface area contributed by atoms with Crippen LogP contribution in [0.3, 0.4) is 0 Å². The van der Waals surface area contributed by atoms with E-state index in [0.717, 1.165) is 23.5 Å². The van der Waals surface area contributed by atoms with Gasteiger partial charge in [0, 0.05) is 23.4 Å². The molecule has 1 unspecified atom stereocenters. The van der Waals surface area contributed by atoms with Crippen molar-refractivity contribution in [1.82, 2.24) is 5.32 Å². The van der Waals surface area contributed by atoms with Crippen LogP contribution < -0.4 is 14.8 Å². The highest BCUT2D eigenvalue weighted by atomic mass is 35.5. The number of nitrogens with one attached hydrogen (secondary N) is 1. The summed E-state index contributed by atoms with van der Waals surface area (Å²) < 4.78 is 11.2. The smallest absolute Gasteiger partial charge is 0.220 e. The van der Waals surface area contributed by atoms with Crippen LogP contribution in [0.2, 0.25) is 5.02 Å². The summed E-state index contributed by atoms with van der Waals surface area (Å²) in [6, 6.07) is 15.1. The van der Waals surface area contributed by atoms with Crippen molar-refractivity contribution < 1.29 is 14.3 Å². The Hall–Kier alpha value is -2.20. The number of benzene rings is 2. The first-order chi connectivity index (χ1) is 11.7. The summed E-state index contributed by atoms with van der Waals surface area (Å²) >= 11 is 5.83. The minimum Gasteiger partial charge on any atom is -0.494 e. The maximum absolute atomic E-state index is 12.2. The molecule has 0 spiro atoms. The van der Waals surface area contributed by atoms with Gasteiger partial charge in [-0.1, -0.05) is 29.8 Å². The molecule has 1 heterocycles. The maximum atomic E-state index is 12.2. The third-order valence-electron chi connectivity index (χ3n) is 3.92. The Bertz CT molecular complexity index is 687. The Labute approximate surface area is 146 Å². The molecule has 1 N–H and O–H groups in total. The molecule has 2 aromatic rings. The molecule has 0 aliphatic carbocycles. The van der Waals surface area contributed by atoms with Gasteiger partial charge in [-0.15, -0.1) is 0 Å². The fourth-order valence-electron chi connectivity index (χ4n) is 2.71. The fraction of sp³-hybridized carbons (Fsp3) is 0.316. The Kier molecular flexibility index (Phi) is 5.59. The molecular weight excluding hydrogens is 326 g/mol. The molecule has 1 amide bonds. The minimum absolute atomic E-state index is 0.0274. The molecule has 1 atom stereocenters. The SMILES string of the molecule is O=C(CCCOc1ccc(Cl)cc1)NC1CCOc2ccccc21. The lowest BCUT2D eigenvalue weighted by Gasteiger charge is -2.26. The van der Waals surface area contributed by atoms with Gasteiger partial charge in [-0.25, -0.2) is 0 Å². The van der Waals surface area contributed by atoms with E-state index in [-0.39, 0.29) is 11.9 Å². The summed E-state index contributed by atoms with van der Waals surface area (Å²) in [4.78, 5) is 12.2. The topological polar surface area (TPSA) is 47.6 Å². The standard InChI is InChI=1S/C19H20ClNO3/c20-14-7-9-15(10-8-14)23-12-3-6-19(22)21-17-11-13-24-18-5-2-1-4-16(17)18/h1-2,4-5,7-10,17H,3,6,11-13H2,(H,21,22). The van der Waals surface area contributed by atoms with Gasteiger partial charge in [-0.05, 0) is 36.8 Å². The lowest BCUT2D eigenvalue weighted by atomic mass is 10.0. The van der Waals surface area contributed by atoms with Crippen molar-refractivity contribution in [3.63, 3.8) is 0 Å². The zero-order chi connectivity index (χ0) is 16.8. The summed E-state index contributed by atoms with van der Waals surface area (Å²) in [5.41, 5.74) is 1.05. The quantitative estimate of drug-likeness (QED) is 0.800. The largest absolute Gasteiger partial charge is 0.494 e. The molecule has 1 aliphatic rings. The number of rotatable bonds is 6. The molecule has 0 saturated carbocycles. The summed E-state index contributed by atoms with van der Waals surface area (Å²) in [5.74, 6) is 1.66. The van der Waals surface area contributed by atoms with E-state index < -0.39 is 0 Å². The van der Waals surface area contributed by atoms with Crippen LogP contribution in [0, 0.1) is 0 Å². The van der Waals surface area contributed by atoms with E-state index >= 15 is 0 Å². The van der Waals surface area contributed by atoms with Crippen LogP contribution in [0.25, 0.3) is 0 Å². The number of ether oxygens (including phenoxy) is 2. The van der Waals surface area contributed by atoms with Crippen molar-refractivity contribution >= 4 is 17.5 Å². The number of halogens is 1. The highest BCUT2D eigenvalue weighted by molar-refractivity contribution is 6.30. The second-order valence-corrected chi connectivity index (χ2v) is 6.14. The first-order valence-electron chi connectivity index (χ1n) is 8.12. The van der Waals surface area contributed by atoms with Crippen LogP contribution in [0.5, 0.6) is 11.5 Å². The lowest BCUT2D eigenvalue weighted by Crippen LogP contribution is -2.32. The second-order valence-electron chi connectivity index (χ2n) is 5.70. The molecule has 2 aromatic carbocycles. The molecule has 24 heavy (non-hydrogen) atoms. The van der Waals surface area contributed by atoms with Crippen molar-refractivity contribution in [1.29, 1.82) is 0 Å². The summed E-state index contributed by atoms with van der Waals surface area (Å²) in [6.07, 6.45) is 1.90. The summed E-state index contributed by atoms with van der Waals surface area (Å²) in [5, 5.41) is 3.77. The zero-order valence-electron chi connectivity index (χ0n) is 13.3. The predicted octanol–water partition coefficient (Wildman–Crippen LogP) is 4.14. The number of para-hydroxylation sites is 1. The molecule has 0 aromatic heterocycles. The Morgan fingerprint density at radius 1 is 1.21 bits per heavy atom. The van der Waals surface area contributed by atoms with Crippen molar-refractivity contribution in [2.24, 2.45) is 0 Å². The van der Waals surface area contributed by atoms with E-state index in [1.54, 1.807) is 12.1 Å². The molecule has 5 heteroatoms. The van der Waals surface area contributed by atoms with Crippen LogP contribution in [-0.2, 0) is 4.79 Å². The number of hydrogen-bond donors (Lipinski definition) is 1. The normalized spacial score (nSPS) is 16.0. The first-order valence-corrected chi connectivity index (χ1v) is 8.49. The van der Waals surface area contributed by atoms with Crippen LogP contribution in [0.15, 0.2) is 48.5 Å². The van der Waals surface area contributed by atoms with Crippen molar-refractivity contribution in [2.75, 3.05) is 13.2 Å². The molecule has 3 rings (SSSR count). The van der Waals surface area contributed by atoms with Gasteiger partial charge < -0.3 is 14.8 Å². The zero-order valence-corrected chi connectivity index (χ0v) is 14.1. The molecule has 0 bridgehead atoms. The van der Waals surface area contributed by atoms with Crippen LogP contribution in [0.4, 0.5) is 0 Å². The number of fused-ring (bicyclic) bond motifs is 1. The first kappa shape index (κ1) is 16.7. The number of amides is 1. The van der Waals surface area contributed by atoms with E-state index in [1.807, 2.05) is 36.4 Å². The summed E-state index contributed by atoms with van der Waals surface area (Å²) in [6.45, 7) is 1.13. The number of hydrogen-bond acceptors (Lipinski definition) is 3. The van der Waals surface area contributed by atoms with E-state index in [1.165, 1.54) is 0 Å². The van der Waals surface area contributed by atoms with E-state index in [4.69, 9.17) is 21.1 Å². The molecular formula is C19H20ClNO3. The van der Waals surface area contributed by atoms with Crippen molar-refractivity contribution in [3.8, 4) is 11.5 Å². The third-order valence-corrected chi connectivity index (χ3v) is 4.18. The van der Waals surface area contributed by atoms with Gasteiger partial charge in [0.1, 0.15) is 11.5 Å². The van der Waals surface area contributed by atoms with E-state index in [2.05, 4.69) is 5.32 Å². The average molecular weight is 346 g/mol. The van der Waals surface area contributed by atoms with E-state index in [0.29, 0.717) is 31.1 Å². The molecule has 126 valence electrons. The van der Waals surface area contributed by atoms with E-state index in [9.17, 15) is 4.79 Å². The molecule has 0 radical (unpaired) electrons. The fourth-order valence-corrected chi connectivity index (χ4v) is 2.84. The lowest BCUT2D eigenvalue weighted by molar-refractivity contribution is -0.122. The van der Waals surface area contributed by atoms with Gasteiger partial charge in [0.25, 0.3) is 0 Å². The van der Waals surface area contributed by atoms with Crippen LogP contribution in [-0.4, -0.2) is 19.1 Å². The van der Waals surface area contributed by atoms with Crippen LogP contribution in [0.1, 0.15) is 30.9 Å². The number of carbonyl (C=O) groups is 1. The number of carbonyl (C=O) groups excluding carboxylic acids is 1. The highest BCUT2D eigenvalue weighted by Crippen LogP contribution is 2.31. The third kappa shape index (κ3) is 4.42. The average Bonchev–Trinajstić information content (AvgIpc) is 2.61. The maximum Gasteiger partial charge on any atom is 0.220 e. The van der Waals surface area contributed by atoms with Crippen molar-refractivity contribution in [2.45, 2.75) is 25.3 Å². The Morgan fingerprint density at radius 3 is 2.83 bits per heavy atom. The van der Waals surface area contributed by atoms with Gasteiger partial charge in [0.05, 0.1) is 19.3 Å². The van der Waals surface area contributed by atoms with Crippen molar-refractivity contribution in [3.05, 3.63) is 59.1 Å². The van der Waals surface area contributed by atoms with Gasteiger partial charge in [0.15, 0.2) is 0 Å². The molecule has 4 nitrogen and oxygen atoms in total. The predicted molar refractivity (Wildman–Crippen MR) is 93.6 cm³/mol. The monoisotopic (exact) mass is 345 g/mol. The van der Waals surface area contributed by atoms with Gasteiger partial charge >= 0.3 is 0 Å². The molecule has 0 saturated heterocycles. The van der Waals surface area contributed by atoms with Gasteiger partial charge in [-0.3, -0.25) is 4.79 Å². The summed E-state index contributed by atoms with van der Waals surface area (Å²) in [7, 11) is 0. The minimum atomic E-state index is 0.0274. The Balaban J connectivity index is 1.42.